The smallest absolute Gasteiger partial charge is 0.308 e. The van der Waals surface area contributed by atoms with E-state index >= 15 is 0 Å². The number of rotatable bonds is 7. The van der Waals surface area contributed by atoms with Crippen molar-refractivity contribution in [3.63, 3.8) is 0 Å². The molecule has 0 aliphatic heterocycles. The average molecular weight is 767 g/mol. The van der Waals surface area contributed by atoms with E-state index in [1.807, 2.05) is 0 Å². The Balaban J connectivity index is 2.01. The first-order valence-electron chi connectivity index (χ1n) is 16.6. The molecule has 0 aliphatic carbocycles. The predicted octanol–water partition coefficient (Wildman–Crippen LogP) is 6.04. The van der Waals surface area contributed by atoms with Gasteiger partial charge in [0.2, 0.25) is 0 Å². The van der Waals surface area contributed by atoms with E-state index in [1.165, 1.54) is 32.0 Å². The normalized spacial score (nSPS) is 11.1. The summed E-state index contributed by atoms with van der Waals surface area (Å²) in [5.74, 6) is -7.35. The molecule has 0 fully saturated rings. The molecule has 2 heterocycles. The van der Waals surface area contributed by atoms with Crippen LogP contribution >= 0.6 is 0 Å². The van der Waals surface area contributed by atoms with Crippen LogP contribution in [0.2, 0.25) is 0 Å². The van der Waals surface area contributed by atoms with Crippen molar-refractivity contribution in [2.45, 2.75) is 55.4 Å². The lowest BCUT2D eigenvalue weighted by molar-refractivity contribution is -0.134. The summed E-state index contributed by atoms with van der Waals surface area (Å²) in [4.78, 5) is 103. The van der Waals surface area contributed by atoms with Gasteiger partial charge in [-0.3, -0.25) is 38.4 Å². The zero-order chi connectivity index (χ0) is 40.9. The Kier molecular flexibility index (Phi) is 9.91. The maximum atomic E-state index is 13.6. The minimum Gasteiger partial charge on any atom is -0.461 e. The first kappa shape index (κ1) is 38.4. The molecule has 0 atom stereocenters. The number of esters is 6. The van der Waals surface area contributed by atoms with Gasteiger partial charge in [0.05, 0.1) is 10.8 Å². The number of carbonyl (C=O) groups is 6. The molecule has 0 radical (unpaired) electrons. The van der Waals surface area contributed by atoms with Crippen molar-refractivity contribution in [3.05, 3.63) is 68.4 Å². The van der Waals surface area contributed by atoms with Crippen LogP contribution < -0.4 is 39.3 Å². The molecule has 16 nitrogen and oxygen atoms in total. The second-order valence-corrected chi connectivity index (χ2v) is 12.5. The molecule has 0 unspecified atom stereocenters. The highest BCUT2D eigenvalue weighted by molar-refractivity contribution is 6.20. The maximum absolute atomic E-state index is 13.6. The summed E-state index contributed by atoms with van der Waals surface area (Å²) in [6.07, 6.45) is 0. The summed E-state index contributed by atoms with van der Waals surface area (Å²) in [5, 5.41) is -0.916. The fraction of sp³-hybridized carbons (Fsp3) is 0.200. The fourth-order valence-electron chi connectivity index (χ4n) is 6.41. The number of ether oxygens (including phenoxy) is 6. The van der Waals surface area contributed by atoms with E-state index < -0.39 is 63.9 Å². The number of aryl methyl sites for hydroxylation is 2. The third-order valence-corrected chi connectivity index (χ3v) is 8.00. The van der Waals surface area contributed by atoms with Gasteiger partial charge >= 0.3 is 35.8 Å². The lowest BCUT2D eigenvalue weighted by Crippen LogP contribution is -2.12. The molecule has 0 bridgehead atoms. The van der Waals surface area contributed by atoms with E-state index in [-0.39, 0.29) is 83.4 Å². The van der Waals surface area contributed by atoms with Gasteiger partial charge in [-0.25, -0.2) is 0 Å². The number of fused-ring (bicyclic) bond motifs is 4. The van der Waals surface area contributed by atoms with Crippen LogP contribution in [0, 0.1) is 13.8 Å². The Bertz CT molecular complexity index is 2890. The predicted molar refractivity (Wildman–Crippen MR) is 196 cm³/mol. The van der Waals surface area contributed by atoms with Crippen molar-refractivity contribution in [1.29, 1.82) is 0 Å². The van der Waals surface area contributed by atoms with Crippen molar-refractivity contribution in [3.8, 4) is 45.6 Å². The SMILES string of the molecule is CC(=O)Oc1cc(OC(C)=O)c2c(OC(C)=O)c3c(=O)cc(C)oc3cc2c1-c1cc(OC(C)=O)c(OC(C)=O)c2c(OC(C)=O)c3c(=O)cc(C)oc3cc12. The van der Waals surface area contributed by atoms with E-state index in [0.29, 0.717) is 0 Å². The van der Waals surface area contributed by atoms with Crippen LogP contribution in [0.1, 0.15) is 53.1 Å². The van der Waals surface area contributed by atoms with E-state index in [4.69, 9.17) is 37.3 Å². The maximum Gasteiger partial charge on any atom is 0.308 e. The third-order valence-electron chi connectivity index (χ3n) is 8.00. The van der Waals surface area contributed by atoms with Gasteiger partial charge in [-0.05, 0) is 37.6 Å². The van der Waals surface area contributed by atoms with Gasteiger partial charge in [-0.15, -0.1) is 0 Å². The first-order valence-corrected chi connectivity index (χ1v) is 16.6. The van der Waals surface area contributed by atoms with Crippen LogP contribution in [0.3, 0.4) is 0 Å². The largest absolute Gasteiger partial charge is 0.461 e. The molecule has 286 valence electrons. The number of carbonyl (C=O) groups excluding carboxylic acids is 6. The quantitative estimate of drug-likeness (QED) is 0.103. The minimum atomic E-state index is -0.910. The Hall–Kier alpha value is -7.36. The zero-order valence-electron chi connectivity index (χ0n) is 31.0. The Morgan fingerprint density at radius 1 is 0.429 bits per heavy atom. The zero-order valence-corrected chi connectivity index (χ0v) is 31.0. The van der Waals surface area contributed by atoms with Gasteiger partial charge in [-0.1, -0.05) is 0 Å². The van der Waals surface area contributed by atoms with Crippen LogP contribution in [-0.2, 0) is 28.8 Å². The lowest BCUT2D eigenvalue weighted by Gasteiger charge is -2.22. The van der Waals surface area contributed by atoms with Gasteiger partial charge in [0, 0.05) is 76.1 Å². The summed E-state index contributed by atoms with van der Waals surface area (Å²) in [6.45, 7) is 9.41. The summed E-state index contributed by atoms with van der Waals surface area (Å²) < 4.78 is 45.6. The number of hydrogen-bond acceptors (Lipinski definition) is 16. The standard InChI is InChI=1S/C40H30O16/c1-15-10-27(48)37-28(49-15)11-24-23(12-32(53-19(5)43)38(54-20(6)44)35(24)40(37)56-22(8)46)33-25-13-29-36(26(47)9-16(2)50-29)39(55-21(7)45)34(25)31(52-18(4)42)14-30(33)51-17(3)41/h9-14H,1-8H3. The Morgan fingerprint density at radius 3 is 1.32 bits per heavy atom. The van der Waals surface area contributed by atoms with Gasteiger partial charge in [0.15, 0.2) is 33.9 Å². The molecule has 56 heavy (non-hydrogen) atoms. The Morgan fingerprint density at radius 2 is 0.839 bits per heavy atom. The molecule has 0 saturated heterocycles. The number of hydrogen-bond donors (Lipinski definition) is 0. The van der Waals surface area contributed by atoms with Crippen molar-refractivity contribution in [2.75, 3.05) is 0 Å². The molecule has 0 saturated carbocycles. The van der Waals surface area contributed by atoms with Crippen LogP contribution in [0.15, 0.2) is 54.8 Å². The summed E-state index contributed by atoms with van der Waals surface area (Å²) in [5.41, 5.74) is -1.64. The van der Waals surface area contributed by atoms with E-state index in [2.05, 4.69) is 0 Å². The van der Waals surface area contributed by atoms with Crippen molar-refractivity contribution in [2.24, 2.45) is 0 Å². The van der Waals surface area contributed by atoms with Gasteiger partial charge in [0.25, 0.3) is 0 Å². The molecule has 6 aromatic rings. The molecule has 4 aromatic carbocycles. The highest BCUT2D eigenvalue weighted by Crippen LogP contribution is 2.54. The van der Waals surface area contributed by atoms with Crippen molar-refractivity contribution >= 4 is 79.3 Å². The monoisotopic (exact) mass is 766 g/mol. The lowest BCUT2D eigenvalue weighted by atomic mass is 9.89. The molecule has 0 amide bonds. The fourth-order valence-corrected chi connectivity index (χ4v) is 6.41. The van der Waals surface area contributed by atoms with Crippen LogP contribution in [0.25, 0.3) is 54.6 Å². The molecule has 6 rings (SSSR count). The molecular formula is C40H30O16. The highest BCUT2D eigenvalue weighted by atomic mass is 16.6. The van der Waals surface area contributed by atoms with Crippen LogP contribution in [0.4, 0.5) is 0 Å². The van der Waals surface area contributed by atoms with Crippen LogP contribution in [0.5, 0.6) is 34.5 Å². The molecule has 2 aromatic heterocycles. The van der Waals surface area contributed by atoms with Crippen molar-refractivity contribution in [1.82, 2.24) is 0 Å². The van der Waals surface area contributed by atoms with E-state index in [1.54, 1.807) is 0 Å². The molecule has 0 N–H and O–H groups in total. The molecular weight excluding hydrogens is 736 g/mol. The Labute approximate surface area is 314 Å². The average Bonchev–Trinajstić information content (AvgIpc) is 3.03. The van der Waals surface area contributed by atoms with E-state index in [0.717, 1.165) is 59.7 Å². The molecule has 0 aliphatic rings. The topological polar surface area (TPSA) is 218 Å². The van der Waals surface area contributed by atoms with Crippen molar-refractivity contribution < 1.29 is 66.0 Å². The molecule has 16 heteroatoms. The summed E-state index contributed by atoms with van der Waals surface area (Å²) in [6, 6.07) is 7.36. The third kappa shape index (κ3) is 7.14. The van der Waals surface area contributed by atoms with Crippen LogP contribution in [-0.4, -0.2) is 35.8 Å². The first-order chi connectivity index (χ1) is 26.3. The second-order valence-electron chi connectivity index (χ2n) is 12.5. The van der Waals surface area contributed by atoms with Gasteiger partial charge in [-0.2, -0.15) is 0 Å². The number of benzene rings is 4. The second kappa shape index (κ2) is 14.5. The minimum absolute atomic E-state index is 0.00980. The molecule has 0 spiro atoms. The van der Waals surface area contributed by atoms with Gasteiger partial charge in [0.1, 0.15) is 45.0 Å². The summed E-state index contributed by atoms with van der Waals surface area (Å²) in [7, 11) is 0. The van der Waals surface area contributed by atoms with E-state index in [9.17, 15) is 38.4 Å². The summed E-state index contributed by atoms with van der Waals surface area (Å²) >= 11 is 0. The highest BCUT2D eigenvalue weighted by Gasteiger charge is 2.31. The van der Waals surface area contributed by atoms with Gasteiger partial charge < -0.3 is 37.3 Å².